The summed E-state index contributed by atoms with van der Waals surface area (Å²) in [5, 5.41) is 9.93. The maximum atomic E-state index is 10.9. The third-order valence-corrected chi connectivity index (χ3v) is 2.89. The number of hydrogen-bond donors (Lipinski definition) is 1. The van der Waals surface area contributed by atoms with E-state index in [2.05, 4.69) is 0 Å². The lowest BCUT2D eigenvalue weighted by Crippen LogP contribution is -2.10. The lowest BCUT2D eigenvalue weighted by molar-refractivity contribution is -0.137. The molecule has 2 aromatic rings. The minimum atomic E-state index is -0.833. The zero-order chi connectivity index (χ0) is 12.6. The van der Waals surface area contributed by atoms with Crippen LogP contribution in [0.15, 0.2) is 18.2 Å². The maximum Gasteiger partial charge on any atom is 0.323 e. The van der Waals surface area contributed by atoms with E-state index in [9.17, 15) is 4.79 Å². The molecule has 1 aromatic heterocycles. The molecule has 0 unspecified atom stereocenters. The van der Waals surface area contributed by atoms with Crippen LogP contribution in [0.2, 0.25) is 0 Å². The number of carbonyl (C=O) groups is 1. The van der Waals surface area contributed by atoms with Crippen molar-refractivity contribution >= 4 is 16.9 Å². The van der Waals surface area contributed by atoms with Gasteiger partial charge in [-0.25, -0.2) is 0 Å². The Morgan fingerprint density at radius 3 is 2.65 bits per heavy atom. The van der Waals surface area contributed by atoms with E-state index in [-0.39, 0.29) is 6.54 Å². The van der Waals surface area contributed by atoms with Crippen molar-refractivity contribution in [2.45, 2.75) is 20.4 Å². The molecule has 0 aliphatic rings. The number of carboxylic acids is 1. The number of carboxylic acid groups (broad SMARTS) is 1. The normalized spacial score (nSPS) is 10.8. The van der Waals surface area contributed by atoms with Crippen molar-refractivity contribution in [3.05, 3.63) is 29.5 Å². The van der Waals surface area contributed by atoms with Crippen molar-refractivity contribution in [2.24, 2.45) is 0 Å². The molecular weight excluding hydrogens is 218 g/mol. The van der Waals surface area contributed by atoms with Crippen molar-refractivity contribution in [1.82, 2.24) is 4.57 Å². The van der Waals surface area contributed by atoms with E-state index in [1.165, 1.54) is 0 Å². The van der Waals surface area contributed by atoms with Crippen molar-refractivity contribution in [2.75, 3.05) is 7.11 Å². The van der Waals surface area contributed by atoms with Gasteiger partial charge in [-0.2, -0.15) is 0 Å². The lowest BCUT2D eigenvalue weighted by Gasteiger charge is -2.08. The van der Waals surface area contributed by atoms with E-state index in [0.29, 0.717) is 0 Å². The largest absolute Gasteiger partial charge is 0.497 e. The average Bonchev–Trinajstić information content (AvgIpc) is 2.54. The quantitative estimate of drug-likeness (QED) is 0.885. The average molecular weight is 233 g/mol. The number of nitrogens with zero attached hydrogens (tertiary/aromatic N) is 1. The Morgan fingerprint density at radius 2 is 2.06 bits per heavy atom. The van der Waals surface area contributed by atoms with E-state index >= 15 is 0 Å². The Kier molecular flexibility index (Phi) is 2.79. The predicted octanol–water partition coefficient (Wildman–Crippen LogP) is 2.35. The highest BCUT2D eigenvalue weighted by atomic mass is 16.5. The molecule has 0 bridgehead atoms. The molecule has 90 valence electrons. The topological polar surface area (TPSA) is 51.5 Å². The first-order chi connectivity index (χ1) is 8.02. The van der Waals surface area contributed by atoms with E-state index < -0.39 is 5.97 Å². The van der Waals surface area contributed by atoms with Gasteiger partial charge in [-0.1, -0.05) is 0 Å². The van der Waals surface area contributed by atoms with Crippen LogP contribution in [0.3, 0.4) is 0 Å². The molecule has 4 nitrogen and oxygen atoms in total. The molecule has 1 aromatic carbocycles. The van der Waals surface area contributed by atoms with Gasteiger partial charge < -0.3 is 14.4 Å². The summed E-state index contributed by atoms with van der Waals surface area (Å²) in [7, 11) is 1.63. The van der Waals surface area contributed by atoms with Crippen LogP contribution in [0.1, 0.15) is 11.3 Å². The van der Waals surface area contributed by atoms with Crippen LogP contribution in [0.25, 0.3) is 10.9 Å². The standard InChI is InChI=1S/C13H15NO3/c1-8-4-11(17-3)6-10-5-9(2)14(13(8)10)7-12(15)16/h4-6H,7H2,1-3H3,(H,15,16). The van der Waals surface area contributed by atoms with Gasteiger partial charge in [-0.05, 0) is 37.6 Å². The molecular formula is C13H15NO3. The summed E-state index contributed by atoms with van der Waals surface area (Å²) >= 11 is 0. The second-order valence-corrected chi connectivity index (χ2v) is 4.15. The molecule has 0 aliphatic heterocycles. The second kappa shape index (κ2) is 4.13. The number of methoxy groups -OCH3 is 1. The Morgan fingerprint density at radius 1 is 1.35 bits per heavy atom. The molecule has 0 amide bonds. The highest BCUT2D eigenvalue weighted by molar-refractivity contribution is 5.87. The fraction of sp³-hybridized carbons (Fsp3) is 0.308. The lowest BCUT2D eigenvalue weighted by atomic mass is 10.1. The van der Waals surface area contributed by atoms with Crippen molar-refractivity contribution in [3.63, 3.8) is 0 Å². The number of rotatable bonds is 3. The van der Waals surface area contributed by atoms with Gasteiger partial charge in [0.1, 0.15) is 12.3 Å². The summed E-state index contributed by atoms with van der Waals surface area (Å²) < 4.78 is 7.02. The van der Waals surface area contributed by atoms with Gasteiger partial charge in [0.25, 0.3) is 0 Å². The van der Waals surface area contributed by atoms with Gasteiger partial charge >= 0.3 is 5.97 Å². The van der Waals surface area contributed by atoms with Crippen LogP contribution in [-0.4, -0.2) is 22.8 Å². The van der Waals surface area contributed by atoms with Crippen LogP contribution in [-0.2, 0) is 11.3 Å². The highest BCUT2D eigenvalue weighted by Gasteiger charge is 2.12. The summed E-state index contributed by atoms with van der Waals surface area (Å²) in [4.78, 5) is 10.9. The number of aliphatic carboxylic acids is 1. The predicted molar refractivity (Wildman–Crippen MR) is 65.6 cm³/mol. The highest BCUT2D eigenvalue weighted by Crippen LogP contribution is 2.27. The first-order valence-corrected chi connectivity index (χ1v) is 5.39. The van der Waals surface area contributed by atoms with Gasteiger partial charge in [-0.3, -0.25) is 4.79 Å². The molecule has 0 fully saturated rings. The van der Waals surface area contributed by atoms with Crippen LogP contribution in [0, 0.1) is 13.8 Å². The summed E-state index contributed by atoms with van der Waals surface area (Å²) in [5.41, 5.74) is 2.93. The summed E-state index contributed by atoms with van der Waals surface area (Å²) in [6.07, 6.45) is 0. The molecule has 0 atom stereocenters. The number of ether oxygens (including phenoxy) is 1. The van der Waals surface area contributed by atoms with Crippen molar-refractivity contribution < 1.29 is 14.6 Å². The van der Waals surface area contributed by atoms with Crippen LogP contribution < -0.4 is 4.74 Å². The minimum absolute atomic E-state index is 0.0114. The molecule has 0 saturated carbocycles. The van der Waals surface area contributed by atoms with E-state index in [0.717, 1.165) is 27.9 Å². The van der Waals surface area contributed by atoms with E-state index in [1.807, 2.05) is 36.6 Å². The molecule has 4 heteroatoms. The third kappa shape index (κ3) is 1.98. The molecule has 1 N–H and O–H groups in total. The number of aromatic nitrogens is 1. The number of benzene rings is 1. The van der Waals surface area contributed by atoms with Crippen LogP contribution >= 0.6 is 0 Å². The Balaban J connectivity index is 2.69. The van der Waals surface area contributed by atoms with Gasteiger partial charge in [0, 0.05) is 11.1 Å². The SMILES string of the molecule is COc1cc(C)c2c(c1)cc(C)n2CC(=O)O. The van der Waals surface area contributed by atoms with Gasteiger partial charge in [0.15, 0.2) is 0 Å². The number of aryl methyl sites for hydroxylation is 2. The monoisotopic (exact) mass is 233 g/mol. The zero-order valence-electron chi connectivity index (χ0n) is 10.2. The molecule has 0 spiro atoms. The first kappa shape index (κ1) is 11.5. The van der Waals surface area contributed by atoms with E-state index in [1.54, 1.807) is 7.11 Å². The van der Waals surface area contributed by atoms with Crippen molar-refractivity contribution in [3.8, 4) is 5.75 Å². The van der Waals surface area contributed by atoms with Crippen LogP contribution in [0.4, 0.5) is 0 Å². The maximum absolute atomic E-state index is 10.9. The Labute approximate surface area is 99.4 Å². The molecule has 0 saturated heterocycles. The summed E-state index contributed by atoms with van der Waals surface area (Å²) in [6, 6.07) is 5.82. The fourth-order valence-electron chi connectivity index (χ4n) is 2.19. The first-order valence-electron chi connectivity index (χ1n) is 5.39. The van der Waals surface area contributed by atoms with Gasteiger partial charge in [0.2, 0.25) is 0 Å². The van der Waals surface area contributed by atoms with Crippen molar-refractivity contribution in [1.29, 1.82) is 0 Å². The van der Waals surface area contributed by atoms with E-state index in [4.69, 9.17) is 9.84 Å². The smallest absolute Gasteiger partial charge is 0.323 e. The minimum Gasteiger partial charge on any atom is -0.497 e. The molecule has 0 aliphatic carbocycles. The molecule has 2 rings (SSSR count). The molecule has 17 heavy (non-hydrogen) atoms. The van der Waals surface area contributed by atoms with Gasteiger partial charge in [0.05, 0.1) is 12.6 Å². The fourth-order valence-corrected chi connectivity index (χ4v) is 2.19. The van der Waals surface area contributed by atoms with Crippen LogP contribution in [0.5, 0.6) is 5.75 Å². The summed E-state index contributed by atoms with van der Waals surface area (Å²) in [6.45, 7) is 3.86. The second-order valence-electron chi connectivity index (χ2n) is 4.15. The summed E-state index contributed by atoms with van der Waals surface area (Å²) in [5.74, 6) is -0.0386. The molecule has 1 heterocycles. The van der Waals surface area contributed by atoms with Gasteiger partial charge in [-0.15, -0.1) is 0 Å². The Bertz CT molecular complexity index is 584. The number of hydrogen-bond acceptors (Lipinski definition) is 2. The molecule has 0 radical (unpaired) electrons. The zero-order valence-corrected chi connectivity index (χ0v) is 10.2. The Hall–Kier alpha value is -1.97. The third-order valence-electron chi connectivity index (χ3n) is 2.89. The number of fused-ring (bicyclic) bond motifs is 1.